The Labute approximate surface area is 116 Å². The number of benzene rings is 1. The molecule has 0 saturated carbocycles. The highest BCUT2D eigenvalue weighted by Gasteiger charge is 2.49. The maximum absolute atomic E-state index is 11.2. The van der Waals surface area contributed by atoms with Crippen LogP contribution < -0.4 is 0 Å². The lowest BCUT2D eigenvalue weighted by Crippen LogP contribution is -2.32. The fourth-order valence-electron chi connectivity index (χ4n) is 3.63. The van der Waals surface area contributed by atoms with Crippen LogP contribution in [-0.4, -0.2) is 33.0 Å². The monoisotopic (exact) mass is 276 g/mol. The van der Waals surface area contributed by atoms with Crippen molar-refractivity contribution in [3.05, 3.63) is 39.9 Å². The number of nitro benzene ring substituents is 1. The van der Waals surface area contributed by atoms with Crippen molar-refractivity contribution >= 4 is 11.7 Å². The highest BCUT2D eigenvalue weighted by molar-refractivity contribution is 5.71. The van der Waals surface area contributed by atoms with Crippen molar-refractivity contribution in [1.82, 2.24) is 4.90 Å². The zero-order valence-electron chi connectivity index (χ0n) is 10.9. The molecule has 0 amide bonds. The molecule has 2 fully saturated rings. The van der Waals surface area contributed by atoms with Gasteiger partial charge in [-0.15, -0.1) is 0 Å². The molecule has 6 heteroatoms. The molecule has 3 atom stereocenters. The third kappa shape index (κ3) is 2.06. The lowest BCUT2D eigenvalue weighted by atomic mass is 9.89. The highest BCUT2D eigenvalue weighted by Crippen LogP contribution is 2.43. The molecule has 1 N–H and O–H groups in total. The Balaban J connectivity index is 1.83. The first-order chi connectivity index (χ1) is 9.58. The van der Waals surface area contributed by atoms with Crippen LogP contribution in [0.2, 0.25) is 0 Å². The summed E-state index contributed by atoms with van der Waals surface area (Å²) in [6.45, 7) is 0.469. The molecule has 1 aromatic carbocycles. The molecular formula is C14H16N2O4. The van der Waals surface area contributed by atoms with Crippen molar-refractivity contribution < 1.29 is 14.8 Å². The molecule has 1 aromatic rings. The summed E-state index contributed by atoms with van der Waals surface area (Å²) in [5, 5.41) is 20.3. The van der Waals surface area contributed by atoms with Crippen molar-refractivity contribution in [2.45, 2.75) is 37.9 Å². The van der Waals surface area contributed by atoms with E-state index in [1.807, 2.05) is 0 Å². The largest absolute Gasteiger partial charge is 0.481 e. The van der Waals surface area contributed by atoms with Gasteiger partial charge in [-0.1, -0.05) is 18.2 Å². The number of nitrogens with zero attached hydrogens (tertiary/aromatic N) is 2. The smallest absolute Gasteiger partial charge is 0.308 e. The average molecular weight is 276 g/mol. The van der Waals surface area contributed by atoms with E-state index in [2.05, 4.69) is 4.90 Å². The van der Waals surface area contributed by atoms with Crippen molar-refractivity contribution in [3.8, 4) is 0 Å². The number of fused-ring (bicyclic) bond motifs is 2. The second kappa shape index (κ2) is 4.86. The van der Waals surface area contributed by atoms with E-state index in [0.717, 1.165) is 12.8 Å². The number of hydrogen-bond acceptors (Lipinski definition) is 4. The van der Waals surface area contributed by atoms with Gasteiger partial charge < -0.3 is 5.11 Å². The lowest BCUT2D eigenvalue weighted by molar-refractivity contribution is -0.385. The maximum atomic E-state index is 11.2. The van der Waals surface area contributed by atoms with E-state index in [0.29, 0.717) is 18.5 Å². The van der Waals surface area contributed by atoms with Gasteiger partial charge >= 0.3 is 5.97 Å². The predicted molar refractivity (Wildman–Crippen MR) is 71.2 cm³/mol. The molecular weight excluding hydrogens is 260 g/mol. The van der Waals surface area contributed by atoms with E-state index in [-0.39, 0.29) is 28.6 Å². The number of rotatable bonds is 4. The van der Waals surface area contributed by atoms with Crippen LogP contribution in [-0.2, 0) is 11.3 Å². The number of carboxylic acid groups (broad SMARTS) is 1. The minimum Gasteiger partial charge on any atom is -0.481 e. The third-order valence-corrected chi connectivity index (χ3v) is 4.54. The van der Waals surface area contributed by atoms with Crippen LogP contribution in [0.15, 0.2) is 24.3 Å². The van der Waals surface area contributed by atoms with Crippen LogP contribution in [0.4, 0.5) is 5.69 Å². The number of nitro groups is 1. The Hall–Kier alpha value is -1.95. The highest BCUT2D eigenvalue weighted by atomic mass is 16.6. The molecule has 2 heterocycles. The molecule has 0 spiro atoms. The summed E-state index contributed by atoms with van der Waals surface area (Å²) in [7, 11) is 0. The van der Waals surface area contributed by atoms with Gasteiger partial charge in [-0.2, -0.15) is 0 Å². The van der Waals surface area contributed by atoms with Gasteiger partial charge in [0.25, 0.3) is 5.69 Å². The fraction of sp³-hybridized carbons (Fsp3) is 0.500. The van der Waals surface area contributed by atoms with Crippen molar-refractivity contribution in [2.75, 3.05) is 0 Å². The molecule has 0 aromatic heterocycles. The van der Waals surface area contributed by atoms with Crippen molar-refractivity contribution in [2.24, 2.45) is 5.92 Å². The number of aliphatic carboxylic acids is 1. The van der Waals surface area contributed by atoms with E-state index in [9.17, 15) is 20.0 Å². The van der Waals surface area contributed by atoms with Gasteiger partial charge in [-0.3, -0.25) is 19.8 Å². The zero-order valence-corrected chi connectivity index (χ0v) is 10.9. The molecule has 0 aliphatic carbocycles. The van der Waals surface area contributed by atoms with Crippen LogP contribution in [0.3, 0.4) is 0 Å². The minimum absolute atomic E-state index is 0.0253. The number of carbonyl (C=O) groups is 1. The Morgan fingerprint density at radius 1 is 1.40 bits per heavy atom. The molecule has 2 aliphatic heterocycles. The van der Waals surface area contributed by atoms with Crippen molar-refractivity contribution in [3.63, 3.8) is 0 Å². The second-order valence-corrected chi connectivity index (χ2v) is 5.54. The van der Waals surface area contributed by atoms with Gasteiger partial charge in [-0.05, 0) is 19.3 Å². The van der Waals surface area contributed by atoms with Gasteiger partial charge in [0.1, 0.15) is 0 Å². The average Bonchev–Trinajstić information content (AvgIpc) is 2.96. The van der Waals surface area contributed by atoms with Crippen LogP contribution in [0.1, 0.15) is 24.8 Å². The first-order valence-electron chi connectivity index (χ1n) is 6.79. The molecule has 106 valence electrons. The summed E-state index contributed by atoms with van der Waals surface area (Å²) in [5.41, 5.74) is 0.783. The minimum atomic E-state index is -0.746. The molecule has 3 rings (SSSR count). The molecule has 2 saturated heterocycles. The first kappa shape index (κ1) is 13.1. The van der Waals surface area contributed by atoms with E-state index in [1.54, 1.807) is 18.2 Å². The Bertz CT molecular complexity index is 560. The molecule has 3 unspecified atom stereocenters. The van der Waals surface area contributed by atoms with E-state index in [4.69, 9.17) is 0 Å². The van der Waals surface area contributed by atoms with Gasteiger partial charge in [0.2, 0.25) is 0 Å². The molecule has 20 heavy (non-hydrogen) atoms. The topological polar surface area (TPSA) is 83.7 Å². The SMILES string of the molecule is O=C(O)C1CC2CCC1N2Cc1ccccc1[N+](=O)[O-]. The molecule has 2 bridgehead atoms. The summed E-state index contributed by atoms with van der Waals surface area (Å²) in [5.74, 6) is -1.07. The standard InChI is InChI=1S/C14H16N2O4/c17-14(18)11-7-10-5-6-13(11)15(10)8-9-3-1-2-4-12(9)16(19)20/h1-4,10-11,13H,5-8H2,(H,17,18). The zero-order chi connectivity index (χ0) is 14.3. The van der Waals surface area contributed by atoms with Gasteiger partial charge in [0.15, 0.2) is 0 Å². The fourth-order valence-corrected chi connectivity index (χ4v) is 3.63. The van der Waals surface area contributed by atoms with Crippen LogP contribution in [0.5, 0.6) is 0 Å². The van der Waals surface area contributed by atoms with E-state index in [1.165, 1.54) is 6.07 Å². The molecule has 2 aliphatic rings. The summed E-state index contributed by atoms with van der Waals surface area (Å²) in [4.78, 5) is 24.0. The van der Waals surface area contributed by atoms with Crippen molar-refractivity contribution in [1.29, 1.82) is 0 Å². The third-order valence-electron chi connectivity index (χ3n) is 4.54. The maximum Gasteiger partial charge on any atom is 0.308 e. The summed E-state index contributed by atoms with van der Waals surface area (Å²) in [6, 6.07) is 6.97. The number of carboxylic acids is 1. The second-order valence-electron chi connectivity index (χ2n) is 5.54. The van der Waals surface area contributed by atoms with Gasteiger partial charge in [0.05, 0.1) is 10.8 Å². The van der Waals surface area contributed by atoms with E-state index >= 15 is 0 Å². The number of para-hydroxylation sites is 1. The van der Waals surface area contributed by atoms with Crippen LogP contribution in [0.25, 0.3) is 0 Å². The first-order valence-corrected chi connectivity index (χ1v) is 6.79. The Morgan fingerprint density at radius 2 is 2.15 bits per heavy atom. The van der Waals surface area contributed by atoms with Crippen LogP contribution in [0, 0.1) is 16.0 Å². The van der Waals surface area contributed by atoms with Crippen LogP contribution >= 0.6 is 0 Å². The Kier molecular flexibility index (Phi) is 3.17. The molecule has 6 nitrogen and oxygen atoms in total. The summed E-state index contributed by atoms with van der Waals surface area (Å²) in [6.07, 6.45) is 2.54. The summed E-state index contributed by atoms with van der Waals surface area (Å²) >= 11 is 0. The Morgan fingerprint density at radius 3 is 2.80 bits per heavy atom. The lowest BCUT2D eigenvalue weighted by Gasteiger charge is -2.22. The van der Waals surface area contributed by atoms with Gasteiger partial charge in [0, 0.05) is 30.3 Å². The molecule has 0 radical (unpaired) electrons. The quantitative estimate of drug-likeness (QED) is 0.672. The van der Waals surface area contributed by atoms with E-state index < -0.39 is 5.97 Å². The normalized spacial score (nSPS) is 28.7. The summed E-state index contributed by atoms with van der Waals surface area (Å²) < 4.78 is 0. The van der Waals surface area contributed by atoms with Gasteiger partial charge in [-0.25, -0.2) is 0 Å². The number of hydrogen-bond donors (Lipinski definition) is 1. The predicted octanol–water partition coefficient (Wildman–Crippen LogP) is 2.03.